The Morgan fingerprint density at radius 2 is 2.04 bits per heavy atom. The Morgan fingerprint density at radius 3 is 2.79 bits per heavy atom. The van der Waals surface area contributed by atoms with Crippen LogP contribution in [0.25, 0.3) is 0 Å². The van der Waals surface area contributed by atoms with Crippen LogP contribution >= 0.6 is 0 Å². The maximum atomic E-state index is 13.7. The van der Waals surface area contributed by atoms with Gasteiger partial charge in [0.1, 0.15) is 11.5 Å². The quantitative estimate of drug-likeness (QED) is 0.768. The van der Waals surface area contributed by atoms with Crippen molar-refractivity contribution < 1.29 is 14.0 Å². The normalized spacial score (nSPS) is 14.2. The Hall–Kier alpha value is -2.70. The lowest BCUT2D eigenvalue weighted by Gasteiger charge is -2.17. The van der Waals surface area contributed by atoms with E-state index in [9.17, 15) is 14.0 Å². The van der Waals surface area contributed by atoms with E-state index < -0.39 is 0 Å². The van der Waals surface area contributed by atoms with Gasteiger partial charge in [0, 0.05) is 19.1 Å². The van der Waals surface area contributed by atoms with Crippen molar-refractivity contribution in [3.05, 3.63) is 52.9 Å². The fraction of sp³-hybridized carbons (Fsp3) is 0.476. The van der Waals surface area contributed by atoms with Crippen LogP contribution in [0.5, 0.6) is 0 Å². The SMILES string of the molecule is CCC(C)NC(=O)c1nc(C(=O)NCCc2ccccc2F)n2c1CCCC2. The molecule has 0 saturated carbocycles. The molecule has 0 radical (unpaired) electrons. The Morgan fingerprint density at radius 1 is 1.25 bits per heavy atom. The third-order valence-corrected chi connectivity index (χ3v) is 5.16. The molecule has 0 fully saturated rings. The molecule has 1 aliphatic heterocycles. The smallest absolute Gasteiger partial charge is 0.287 e. The van der Waals surface area contributed by atoms with Crippen molar-refractivity contribution in [2.45, 2.75) is 58.5 Å². The minimum atomic E-state index is -0.331. The number of imidazole rings is 1. The fourth-order valence-electron chi connectivity index (χ4n) is 3.38. The summed E-state index contributed by atoms with van der Waals surface area (Å²) in [6, 6.07) is 6.57. The van der Waals surface area contributed by atoms with Crippen LogP contribution in [-0.2, 0) is 19.4 Å². The van der Waals surface area contributed by atoms with Crippen molar-refractivity contribution in [1.82, 2.24) is 20.2 Å². The van der Waals surface area contributed by atoms with E-state index in [1.807, 2.05) is 18.4 Å². The summed E-state index contributed by atoms with van der Waals surface area (Å²) in [5, 5.41) is 5.74. The van der Waals surface area contributed by atoms with Gasteiger partial charge in [-0.15, -0.1) is 0 Å². The number of amides is 2. The lowest BCUT2D eigenvalue weighted by atomic mass is 10.1. The zero-order valence-electron chi connectivity index (χ0n) is 16.4. The molecule has 1 unspecified atom stereocenters. The average molecular weight is 386 g/mol. The topological polar surface area (TPSA) is 76.0 Å². The second-order valence-corrected chi connectivity index (χ2v) is 7.22. The van der Waals surface area contributed by atoms with Crippen molar-refractivity contribution in [1.29, 1.82) is 0 Å². The summed E-state index contributed by atoms with van der Waals surface area (Å²) in [6.45, 7) is 4.92. The van der Waals surface area contributed by atoms with Crippen LogP contribution in [0, 0.1) is 5.82 Å². The standard InChI is InChI=1S/C21H27FN4O2/c1-3-14(2)24-20(27)18-17-10-6-7-13-26(17)19(25-18)21(28)23-12-11-15-8-4-5-9-16(15)22/h4-5,8-9,14H,3,6-7,10-13H2,1-2H3,(H,23,28)(H,24,27). The molecule has 2 heterocycles. The van der Waals surface area contributed by atoms with Crippen LogP contribution in [0.3, 0.4) is 0 Å². The lowest BCUT2D eigenvalue weighted by Crippen LogP contribution is -2.33. The van der Waals surface area contributed by atoms with Crippen LogP contribution in [-0.4, -0.2) is 34.0 Å². The van der Waals surface area contributed by atoms with E-state index in [-0.39, 0.29) is 29.5 Å². The van der Waals surface area contributed by atoms with Crippen LogP contribution in [0.1, 0.15) is 65.5 Å². The number of nitrogens with zero attached hydrogens (tertiary/aromatic N) is 2. The van der Waals surface area contributed by atoms with E-state index in [0.29, 0.717) is 30.8 Å². The molecule has 0 aliphatic carbocycles. The Balaban J connectivity index is 1.73. The third kappa shape index (κ3) is 4.40. The number of hydrogen-bond donors (Lipinski definition) is 2. The van der Waals surface area contributed by atoms with Gasteiger partial charge in [-0.2, -0.15) is 0 Å². The van der Waals surface area contributed by atoms with Gasteiger partial charge in [-0.3, -0.25) is 9.59 Å². The molecule has 2 amide bonds. The molecule has 7 heteroatoms. The Bertz CT molecular complexity index is 862. The first-order valence-electron chi connectivity index (χ1n) is 9.93. The molecule has 2 aromatic rings. The summed E-state index contributed by atoms with van der Waals surface area (Å²) < 4.78 is 15.6. The zero-order valence-corrected chi connectivity index (χ0v) is 16.4. The first-order chi connectivity index (χ1) is 13.5. The Labute approximate surface area is 164 Å². The van der Waals surface area contributed by atoms with Crippen molar-refractivity contribution in [2.24, 2.45) is 0 Å². The maximum absolute atomic E-state index is 13.7. The monoisotopic (exact) mass is 386 g/mol. The molecule has 28 heavy (non-hydrogen) atoms. The fourth-order valence-corrected chi connectivity index (χ4v) is 3.38. The van der Waals surface area contributed by atoms with Gasteiger partial charge < -0.3 is 15.2 Å². The van der Waals surface area contributed by atoms with Gasteiger partial charge in [-0.05, 0) is 50.7 Å². The summed E-state index contributed by atoms with van der Waals surface area (Å²) in [6.07, 6.45) is 3.88. The molecule has 2 N–H and O–H groups in total. The number of carbonyl (C=O) groups excluding carboxylic acids is 2. The van der Waals surface area contributed by atoms with Crippen LogP contribution in [0.4, 0.5) is 4.39 Å². The number of aromatic nitrogens is 2. The van der Waals surface area contributed by atoms with Gasteiger partial charge in [-0.25, -0.2) is 9.37 Å². The molecule has 1 aromatic heterocycles. The summed E-state index contributed by atoms with van der Waals surface area (Å²) in [7, 11) is 0. The second-order valence-electron chi connectivity index (χ2n) is 7.22. The molecule has 150 valence electrons. The van der Waals surface area contributed by atoms with Crippen molar-refractivity contribution in [3.63, 3.8) is 0 Å². The first kappa shape index (κ1) is 20.0. The number of nitrogens with one attached hydrogen (secondary N) is 2. The molecule has 1 aromatic carbocycles. The highest BCUT2D eigenvalue weighted by Gasteiger charge is 2.27. The first-order valence-corrected chi connectivity index (χ1v) is 9.93. The maximum Gasteiger partial charge on any atom is 0.287 e. The highest BCUT2D eigenvalue weighted by atomic mass is 19.1. The molecule has 1 aliphatic rings. The predicted molar refractivity (Wildman–Crippen MR) is 105 cm³/mol. The average Bonchev–Trinajstić information content (AvgIpc) is 3.09. The Kier molecular flexibility index (Phi) is 6.44. The molecule has 0 bridgehead atoms. The summed E-state index contributed by atoms with van der Waals surface area (Å²) in [5.74, 6) is -0.580. The predicted octanol–water partition coefficient (Wildman–Crippen LogP) is 2.86. The molecule has 3 rings (SSSR count). The second kappa shape index (κ2) is 8.99. The minimum Gasteiger partial charge on any atom is -0.349 e. The molecule has 1 atom stereocenters. The molecular formula is C21H27FN4O2. The van der Waals surface area contributed by atoms with Crippen LogP contribution in [0.2, 0.25) is 0 Å². The van der Waals surface area contributed by atoms with E-state index in [1.165, 1.54) is 6.07 Å². The number of hydrogen-bond acceptors (Lipinski definition) is 3. The largest absolute Gasteiger partial charge is 0.349 e. The van der Waals surface area contributed by atoms with Gasteiger partial charge in [0.2, 0.25) is 0 Å². The minimum absolute atomic E-state index is 0.0477. The van der Waals surface area contributed by atoms with Crippen molar-refractivity contribution in [3.8, 4) is 0 Å². The number of carbonyl (C=O) groups is 2. The summed E-state index contributed by atoms with van der Waals surface area (Å²) in [5.41, 5.74) is 1.73. The van der Waals surface area contributed by atoms with Crippen molar-refractivity contribution >= 4 is 11.8 Å². The molecule has 6 nitrogen and oxygen atoms in total. The van der Waals surface area contributed by atoms with Gasteiger partial charge >= 0.3 is 0 Å². The summed E-state index contributed by atoms with van der Waals surface area (Å²) in [4.78, 5) is 29.7. The molecule has 0 spiro atoms. The lowest BCUT2D eigenvalue weighted by molar-refractivity contribution is 0.0933. The van der Waals surface area contributed by atoms with Gasteiger partial charge in [-0.1, -0.05) is 25.1 Å². The van der Waals surface area contributed by atoms with Crippen LogP contribution < -0.4 is 10.6 Å². The number of fused-ring (bicyclic) bond motifs is 1. The number of benzene rings is 1. The van der Waals surface area contributed by atoms with E-state index >= 15 is 0 Å². The molecule has 0 saturated heterocycles. The van der Waals surface area contributed by atoms with E-state index in [4.69, 9.17) is 0 Å². The highest BCUT2D eigenvalue weighted by molar-refractivity contribution is 5.97. The highest BCUT2D eigenvalue weighted by Crippen LogP contribution is 2.21. The van der Waals surface area contributed by atoms with Gasteiger partial charge in [0.25, 0.3) is 11.8 Å². The number of halogens is 1. The zero-order chi connectivity index (χ0) is 20.1. The van der Waals surface area contributed by atoms with E-state index in [2.05, 4.69) is 15.6 Å². The third-order valence-electron chi connectivity index (χ3n) is 5.16. The van der Waals surface area contributed by atoms with Gasteiger partial charge in [0.05, 0.1) is 5.69 Å². The summed E-state index contributed by atoms with van der Waals surface area (Å²) >= 11 is 0. The van der Waals surface area contributed by atoms with Crippen molar-refractivity contribution in [2.75, 3.05) is 6.54 Å². The van der Waals surface area contributed by atoms with E-state index in [0.717, 1.165) is 31.4 Å². The number of rotatable bonds is 7. The molecular weight excluding hydrogens is 359 g/mol. The van der Waals surface area contributed by atoms with Gasteiger partial charge in [0.15, 0.2) is 5.82 Å². The van der Waals surface area contributed by atoms with Crippen LogP contribution in [0.15, 0.2) is 24.3 Å². The van der Waals surface area contributed by atoms with E-state index in [1.54, 1.807) is 18.2 Å².